The highest BCUT2D eigenvalue weighted by Crippen LogP contribution is 2.33. The number of ether oxygens (including phenoxy) is 1. The molecule has 3 heterocycles. The highest BCUT2D eigenvalue weighted by molar-refractivity contribution is 6.04. The van der Waals surface area contributed by atoms with Crippen molar-refractivity contribution in [3.8, 4) is 5.88 Å². The van der Waals surface area contributed by atoms with Crippen LogP contribution in [0.4, 0.5) is 8.78 Å². The largest absolute Gasteiger partial charge is 0.466 e. The van der Waals surface area contributed by atoms with Crippen LogP contribution in [0, 0.1) is 0 Å². The Hall–Kier alpha value is -3.55. The first-order chi connectivity index (χ1) is 14.9. The van der Waals surface area contributed by atoms with Gasteiger partial charge in [0.1, 0.15) is 0 Å². The molecule has 0 bridgehead atoms. The van der Waals surface area contributed by atoms with Crippen LogP contribution in [0.3, 0.4) is 0 Å². The molecule has 1 atom stereocenters. The fraction of sp³-hybridized carbons (Fsp3) is 0.261. The number of benzene rings is 2. The predicted molar refractivity (Wildman–Crippen MR) is 112 cm³/mol. The predicted octanol–water partition coefficient (Wildman–Crippen LogP) is 4.05. The van der Waals surface area contributed by atoms with Gasteiger partial charge in [-0.1, -0.05) is 36.4 Å². The third-order valence-corrected chi connectivity index (χ3v) is 5.66. The Morgan fingerprint density at radius 1 is 1.10 bits per heavy atom. The van der Waals surface area contributed by atoms with Crippen molar-refractivity contribution in [2.75, 3.05) is 13.1 Å². The van der Waals surface area contributed by atoms with Crippen molar-refractivity contribution in [2.45, 2.75) is 18.4 Å². The smallest absolute Gasteiger partial charge is 0.287 e. The number of hydrogen-bond donors (Lipinski definition) is 0. The zero-order valence-corrected chi connectivity index (χ0v) is 16.8. The fourth-order valence-corrected chi connectivity index (χ4v) is 3.96. The van der Waals surface area contributed by atoms with Crippen molar-refractivity contribution in [3.63, 3.8) is 0 Å². The van der Waals surface area contributed by atoms with Crippen LogP contribution in [-0.2, 0) is 7.05 Å². The number of carbonyl (C=O) groups excluding carboxylic acids is 1. The number of amides is 1. The van der Waals surface area contributed by atoms with Gasteiger partial charge in [0.2, 0.25) is 5.88 Å². The lowest BCUT2D eigenvalue weighted by Crippen LogP contribution is -2.55. The van der Waals surface area contributed by atoms with E-state index in [1.54, 1.807) is 36.0 Å². The first kappa shape index (κ1) is 19.4. The second-order valence-corrected chi connectivity index (χ2v) is 7.70. The summed E-state index contributed by atoms with van der Waals surface area (Å²) in [4.78, 5) is 18.9. The van der Waals surface area contributed by atoms with E-state index in [-0.39, 0.29) is 30.6 Å². The summed E-state index contributed by atoms with van der Waals surface area (Å²) in [6.07, 6.45) is -1.98. The first-order valence-corrected chi connectivity index (χ1v) is 10.0. The second-order valence-electron chi connectivity index (χ2n) is 7.70. The van der Waals surface area contributed by atoms with Gasteiger partial charge < -0.3 is 9.64 Å². The summed E-state index contributed by atoms with van der Waals surface area (Å²) >= 11 is 0. The van der Waals surface area contributed by atoms with E-state index in [2.05, 4.69) is 10.1 Å². The number of aromatic nitrogens is 3. The molecule has 0 saturated carbocycles. The number of para-hydroxylation sites is 2. The average Bonchev–Trinajstić information content (AvgIpc) is 3.11. The number of nitrogens with zero attached hydrogens (tertiary/aromatic N) is 4. The lowest BCUT2D eigenvalue weighted by Gasteiger charge is -2.37. The molecule has 1 aliphatic heterocycles. The molecular formula is C23H20F2N4O2. The Labute approximate surface area is 177 Å². The molecule has 1 amide bonds. The monoisotopic (exact) mass is 422 g/mol. The highest BCUT2D eigenvalue weighted by atomic mass is 19.3. The summed E-state index contributed by atoms with van der Waals surface area (Å²) in [6, 6.07) is 18.1. The van der Waals surface area contributed by atoms with Gasteiger partial charge >= 0.3 is 0 Å². The Kier molecular flexibility index (Phi) is 4.57. The Balaban J connectivity index is 1.41. The van der Waals surface area contributed by atoms with Crippen LogP contribution in [0.15, 0.2) is 60.7 Å². The fourth-order valence-electron chi connectivity index (χ4n) is 3.96. The molecule has 0 N–H and O–H groups in total. The van der Waals surface area contributed by atoms with E-state index in [1.807, 2.05) is 36.4 Å². The molecule has 6 nitrogen and oxygen atoms in total. The molecule has 0 radical (unpaired) electrons. The van der Waals surface area contributed by atoms with E-state index in [4.69, 9.17) is 4.74 Å². The minimum absolute atomic E-state index is 0.0677. The Morgan fingerprint density at radius 2 is 1.87 bits per heavy atom. The number of hydrogen-bond acceptors (Lipinski definition) is 4. The summed E-state index contributed by atoms with van der Waals surface area (Å²) in [5.41, 5.74) is 1.72. The number of halogens is 2. The molecule has 1 saturated heterocycles. The molecule has 2 aromatic carbocycles. The number of carbonyl (C=O) groups is 1. The lowest BCUT2D eigenvalue weighted by molar-refractivity contribution is -0.131. The standard InChI is InChI=1S/C23H20F2N4O2/c1-28-18-9-5-3-7-16(18)21(27-28)22(30)29-13-12-23(24,25)19(14-29)31-20-11-10-15-6-2-4-8-17(15)26-20/h2-11,19H,12-14H2,1H3. The van der Waals surface area contributed by atoms with E-state index in [1.165, 1.54) is 4.90 Å². The van der Waals surface area contributed by atoms with Crippen molar-refractivity contribution in [3.05, 3.63) is 66.4 Å². The third kappa shape index (κ3) is 3.48. The van der Waals surface area contributed by atoms with Crippen molar-refractivity contribution >= 4 is 27.7 Å². The minimum Gasteiger partial charge on any atom is -0.466 e. The number of rotatable bonds is 3. The second kappa shape index (κ2) is 7.30. The van der Waals surface area contributed by atoms with Gasteiger partial charge in [0.15, 0.2) is 11.8 Å². The number of fused-ring (bicyclic) bond motifs is 2. The van der Waals surface area contributed by atoms with Gasteiger partial charge in [-0.15, -0.1) is 0 Å². The molecule has 0 aliphatic carbocycles. The third-order valence-electron chi connectivity index (χ3n) is 5.66. The summed E-state index contributed by atoms with van der Waals surface area (Å²) in [5, 5.41) is 5.92. The van der Waals surface area contributed by atoms with Gasteiger partial charge in [-0.3, -0.25) is 9.48 Å². The molecule has 0 spiro atoms. The maximum Gasteiger partial charge on any atom is 0.287 e. The molecule has 5 rings (SSSR count). The van der Waals surface area contributed by atoms with E-state index >= 15 is 0 Å². The first-order valence-electron chi connectivity index (χ1n) is 10.0. The molecule has 31 heavy (non-hydrogen) atoms. The van der Waals surface area contributed by atoms with Crippen LogP contribution in [0.2, 0.25) is 0 Å². The Bertz CT molecular complexity index is 1290. The summed E-state index contributed by atoms with van der Waals surface area (Å²) in [6.45, 7) is -0.313. The van der Waals surface area contributed by atoms with Crippen LogP contribution in [0.5, 0.6) is 5.88 Å². The quantitative estimate of drug-likeness (QED) is 0.500. The lowest BCUT2D eigenvalue weighted by atomic mass is 10.0. The summed E-state index contributed by atoms with van der Waals surface area (Å²) in [7, 11) is 1.75. The summed E-state index contributed by atoms with van der Waals surface area (Å²) < 4.78 is 36.5. The molecule has 1 fully saturated rings. The maximum absolute atomic E-state index is 14.7. The van der Waals surface area contributed by atoms with Crippen LogP contribution in [0.1, 0.15) is 16.9 Å². The van der Waals surface area contributed by atoms with Gasteiger partial charge in [0, 0.05) is 36.9 Å². The highest BCUT2D eigenvalue weighted by Gasteiger charge is 2.47. The average molecular weight is 422 g/mol. The van der Waals surface area contributed by atoms with Crippen molar-refractivity contribution < 1.29 is 18.3 Å². The molecule has 8 heteroatoms. The number of likely N-dealkylation sites (tertiary alicyclic amines) is 1. The topological polar surface area (TPSA) is 60.2 Å². The van der Waals surface area contributed by atoms with Gasteiger partial charge in [-0.25, -0.2) is 13.8 Å². The minimum atomic E-state index is -3.07. The van der Waals surface area contributed by atoms with Crippen LogP contribution >= 0.6 is 0 Å². The van der Waals surface area contributed by atoms with Gasteiger partial charge in [-0.05, 0) is 18.2 Å². The molecule has 158 valence electrons. The van der Waals surface area contributed by atoms with Crippen LogP contribution in [0.25, 0.3) is 21.8 Å². The maximum atomic E-state index is 14.7. The molecule has 1 unspecified atom stereocenters. The van der Waals surface area contributed by atoms with E-state index in [0.717, 1.165) is 10.9 Å². The molecule has 2 aromatic heterocycles. The molecule has 4 aromatic rings. The van der Waals surface area contributed by atoms with Crippen molar-refractivity contribution in [1.29, 1.82) is 0 Å². The number of piperidine rings is 1. The van der Waals surface area contributed by atoms with Gasteiger partial charge in [0.25, 0.3) is 11.8 Å². The number of pyridine rings is 1. The van der Waals surface area contributed by atoms with Crippen molar-refractivity contribution in [1.82, 2.24) is 19.7 Å². The molecular weight excluding hydrogens is 402 g/mol. The van der Waals surface area contributed by atoms with Crippen molar-refractivity contribution in [2.24, 2.45) is 7.05 Å². The number of aryl methyl sites for hydroxylation is 1. The summed E-state index contributed by atoms with van der Waals surface area (Å²) in [5.74, 6) is -3.34. The van der Waals surface area contributed by atoms with E-state index in [9.17, 15) is 13.6 Å². The van der Waals surface area contributed by atoms with Gasteiger partial charge in [0.05, 0.1) is 17.6 Å². The van der Waals surface area contributed by atoms with Gasteiger partial charge in [-0.2, -0.15) is 5.10 Å². The SMILES string of the molecule is Cn1nc(C(=O)N2CCC(F)(F)C(Oc3ccc4ccccc4n3)C2)c2ccccc21. The Morgan fingerprint density at radius 3 is 2.74 bits per heavy atom. The van der Waals surface area contributed by atoms with Crippen LogP contribution in [-0.4, -0.2) is 50.7 Å². The van der Waals surface area contributed by atoms with E-state index in [0.29, 0.717) is 10.9 Å². The molecule has 1 aliphatic rings. The number of alkyl halides is 2. The zero-order chi connectivity index (χ0) is 21.6. The van der Waals surface area contributed by atoms with E-state index < -0.39 is 18.4 Å². The van der Waals surface area contributed by atoms with Crippen LogP contribution < -0.4 is 4.74 Å². The zero-order valence-electron chi connectivity index (χ0n) is 16.8. The normalized spacial score (nSPS) is 18.4.